The molecule has 5 nitrogen and oxygen atoms in total. The van der Waals surface area contributed by atoms with Crippen LogP contribution in [0.15, 0.2) is 60.1 Å². The number of ether oxygens (including phenoxy) is 1. The minimum Gasteiger partial charge on any atom is -0.497 e. The molecule has 142 valence electrons. The van der Waals surface area contributed by atoms with Gasteiger partial charge in [0.15, 0.2) is 0 Å². The molecule has 2 aromatic heterocycles. The van der Waals surface area contributed by atoms with Gasteiger partial charge in [-0.15, -0.1) is 11.3 Å². The molecule has 0 aliphatic heterocycles. The molecule has 0 saturated heterocycles. The van der Waals surface area contributed by atoms with Gasteiger partial charge in [-0.25, -0.2) is 4.98 Å². The smallest absolute Gasteiger partial charge is 0.226 e. The zero-order valence-electron chi connectivity index (χ0n) is 15.6. The summed E-state index contributed by atoms with van der Waals surface area (Å²) in [5.74, 6) is 0.817. The number of carbonyl (C=O) groups excluding carboxylic acids is 1. The van der Waals surface area contributed by atoms with Crippen LogP contribution in [0.2, 0.25) is 0 Å². The Morgan fingerprint density at radius 3 is 2.89 bits per heavy atom. The monoisotopic (exact) mass is 391 g/mol. The molecular weight excluding hydrogens is 370 g/mol. The van der Waals surface area contributed by atoms with E-state index in [1.807, 2.05) is 60.1 Å². The largest absolute Gasteiger partial charge is 0.497 e. The van der Waals surface area contributed by atoms with Crippen LogP contribution in [0.25, 0.3) is 21.5 Å². The molecule has 28 heavy (non-hydrogen) atoms. The van der Waals surface area contributed by atoms with E-state index in [1.165, 1.54) is 0 Å². The Bertz CT molecular complexity index is 1090. The van der Waals surface area contributed by atoms with E-state index in [1.54, 1.807) is 18.4 Å². The summed E-state index contributed by atoms with van der Waals surface area (Å²) in [5, 5.41) is 7.01. The summed E-state index contributed by atoms with van der Waals surface area (Å²) in [5.41, 5.74) is 4.11. The lowest BCUT2D eigenvalue weighted by molar-refractivity contribution is -0.120. The number of H-pyrrole nitrogens is 1. The third-order valence-electron chi connectivity index (χ3n) is 4.61. The Labute approximate surface area is 167 Å². The second kappa shape index (κ2) is 8.27. The Morgan fingerprint density at radius 1 is 1.21 bits per heavy atom. The normalized spacial score (nSPS) is 10.9. The topological polar surface area (TPSA) is 67.0 Å². The standard InChI is InChI=1S/C22H21N3O2S/c1-27-18-7-8-20-19(12-18)16(13-24-20)9-10-23-21(26)11-17-14-28-22(25-17)15-5-3-2-4-6-15/h2-8,12-14,24H,9-11H2,1H3,(H,23,26). The molecule has 2 heterocycles. The second-order valence-electron chi connectivity index (χ2n) is 6.51. The Kier molecular flexibility index (Phi) is 5.39. The van der Waals surface area contributed by atoms with E-state index in [4.69, 9.17) is 4.74 Å². The lowest BCUT2D eigenvalue weighted by Gasteiger charge is -2.04. The number of benzene rings is 2. The van der Waals surface area contributed by atoms with Crippen LogP contribution in [0.3, 0.4) is 0 Å². The average Bonchev–Trinajstić information content (AvgIpc) is 3.35. The first kappa shape index (κ1) is 18.3. The Balaban J connectivity index is 1.32. The van der Waals surface area contributed by atoms with Crippen molar-refractivity contribution in [3.63, 3.8) is 0 Å². The molecule has 0 aliphatic carbocycles. The van der Waals surface area contributed by atoms with E-state index in [9.17, 15) is 4.79 Å². The number of fused-ring (bicyclic) bond motifs is 1. The van der Waals surface area contributed by atoms with Crippen LogP contribution >= 0.6 is 11.3 Å². The third-order valence-corrected chi connectivity index (χ3v) is 5.55. The highest BCUT2D eigenvalue weighted by Crippen LogP contribution is 2.24. The lowest BCUT2D eigenvalue weighted by atomic mass is 10.1. The predicted octanol–water partition coefficient (Wildman–Crippen LogP) is 4.20. The first-order valence-electron chi connectivity index (χ1n) is 9.13. The molecule has 0 unspecified atom stereocenters. The molecule has 0 saturated carbocycles. The zero-order chi connectivity index (χ0) is 19.3. The van der Waals surface area contributed by atoms with Gasteiger partial charge in [-0.2, -0.15) is 0 Å². The van der Waals surface area contributed by atoms with Gasteiger partial charge in [0.1, 0.15) is 10.8 Å². The molecule has 6 heteroatoms. The van der Waals surface area contributed by atoms with Gasteiger partial charge < -0.3 is 15.0 Å². The quantitative estimate of drug-likeness (QED) is 0.496. The summed E-state index contributed by atoms with van der Waals surface area (Å²) < 4.78 is 5.30. The van der Waals surface area contributed by atoms with Crippen molar-refractivity contribution in [3.8, 4) is 16.3 Å². The van der Waals surface area contributed by atoms with E-state index in [-0.39, 0.29) is 5.91 Å². The average molecular weight is 391 g/mol. The van der Waals surface area contributed by atoms with Crippen molar-refractivity contribution in [2.24, 2.45) is 0 Å². The van der Waals surface area contributed by atoms with Crippen molar-refractivity contribution >= 4 is 28.1 Å². The SMILES string of the molecule is COc1ccc2[nH]cc(CCNC(=O)Cc3csc(-c4ccccc4)n3)c2c1. The summed E-state index contributed by atoms with van der Waals surface area (Å²) in [6, 6.07) is 16.0. The molecule has 0 atom stereocenters. The molecule has 0 bridgehead atoms. The van der Waals surface area contributed by atoms with Gasteiger partial charge in [0.2, 0.25) is 5.91 Å². The van der Waals surface area contributed by atoms with Crippen molar-refractivity contribution in [1.29, 1.82) is 0 Å². The molecule has 0 spiro atoms. The predicted molar refractivity (Wildman–Crippen MR) is 113 cm³/mol. The van der Waals surface area contributed by atoms with Crippen molar-refractivity contribution < 1.29 is 9.53 Å². The van der Waals surface area contributed by atoms with Crippen LogP contribution in [-0.4, -0.2) is 29.5 Å². The van der Waals surface area contributed by atoms with Gasteiger partial charge in [-0.3, -0.25) is 4.79 Å². The van der Waals surface area contributed by atoms with E-state index < -0.39 is 0 Å². The van der Waals surface area contributed by atoms with Crippen molar-refractivity contribution in [1.82, 2.24) is 15.3 Å². The zero-order valence-corrected chi connectivity index (χ0v) is 16.4. The fourth-order valence-corrected chi connectivity index (χ4v) is 3.98. The number of carbonyl (C=O) groups is 1. The van der Waals surface area contributed by atoms with Crippen LogP contribution in [0.4, 0.5) is 0 Å². The second-order valence-corrected chi connectivity index (χ2v) is 7.37. The summed E-state index contributed by atoms with van der Waals surface area (Å²) in [4.78, 5) is 20.1. The van der Waals surface area contributed by atoms with Gasteiger partial charge >= 0.3 is 0 Å². The van der Waals surface area contributed by atoms with E-state index in [0.717, 1.165) is 44.9 Å². The highest BCUT2D eigenvalue weighted by Gasteiger charge is 2.10. The van der Waals surface area contributed by atoms with Gasteiger partial charge in [-0.1, -0.05) is 30.3 Å². The first-order chi connectivity index (χ1) is 13.7. The van der Waals surface area contributed by atoms with Crippen LogP contribution in [0.1, 0.15) is 11.3 Å². The number of thiazole rings is 1. The van der Waals surface area contributed by atoms with Crippen LogP contribution in [0.5, 0.6) is 5.75 Å². The summed E-state index contributed by atoms with van der Waals surface area (Å²) >= 11 is 1.56. The number of aromatic amines is 1. The van der Waals surface area contributed by atoms with E-state index in [0.29, 0.717) is 13.0 Å². The molecule has 0 radical (unpaired) electrons. The summed E-state index contributed by atoms with van der Waals surface area (Å²) in [6.45, 7) is 0.582. The molecular formula is C22H21N3O2S. The number of amides is 1. The number of nitrogens with zero attached hydrogens (tertiary/aromatic N) is 1. The van der Waals surface area contributed by atoms with Crippen LogP contribution < -0.4 is 10.1 Å². The molecule has 0 aliphatic rings. The summed E-state index contributed by atoms with van der Waals surface area (Å²) in [7, 11) is 1.66. The number of aromatic nitrogens is 2. The molecule has 4 aromatic rings. The van der Waals surface area contributed by atoms with E-state index >= 15 is 0 Å². The number of rotatable bonds is 7. The Morgan fingerprint density at radius 2 is 2.07 bits per heavy atom. The summed E-state index contributed by atoms with van der Waals surface area (Å²) in [6.07, 6.45) is 3.04. The van der Waals surface area contributed by atoms with Crippen LogP contribution in [0, 0.1) is 0 Å². The molecule has 0 fully saturated rings. The fraction of sp³-hybridized carbons (Fsp3) is 0.182. The highest BCUT2D eigenvalue weighted by molar-refractivity contribution is 7.13. The van der Waals surface area contributed by atoms with Gasteiger partial charge in [-0.05, 0) is 30.2 Å². The third kappa shape index (κ3) is 4.07. The lowest BCUT2D eigenvalue weighted by Crippen LogP contribution is -2.27. The first-order valence-corrected chi connectivity index (χ1v) is 10.0. The van der Waals surface area contributed by atoms with Crippen molar-refractivity contribution in [3.05, 3.63) is 71.4 Å². The minimum atomic E-state index is -0.0117. The van der Waals surface area contributed by atoms with Crippen molar-refractivity contribution in [2.75, 3.05) is 13.7 Å². The number of nitrogens with one attached hydrogen (secondary N) is 2. The van der Waals surface area contributed by atoms with Crippen molar-refractivity contribution in [2.45, 2.75) is 12.8 Å². The number of hydrogen-bond acceptors (Lipinski definition) is 4. The highest BCUT2D eigenvalue weighted by atomic mass is 32.1. The van der Waals surface area contributed by atoms with Gasteiger partial charge in [0, 0.05) is 34.6 Å². The minimum absolute atomic E-state index is 0.0117. The maximum absolute atomic E-state index is 12.3. The van der Waals surface area contributed by atoms with Gasteiger partial charge in [0.05, 0.1) is 19.2 Å². The van der Waals surface area contributed by atoms with Crippen LogP contribution in [-0.2, 0) is 17.6 Å². The number of methoxy groups -OCH3 is 1. The maximum Gasteiger partial charge on any atom is 0.226 e. The van der Waals surface area contributed by atoms with E-state index in [2.05, 4.69) is 15.3 Å². The number of hydrogen-bond donors (Lipinski definition) is 2. The fourth-order valence-electron chi connectivity index (χ4n) is 3.16. The maximum atomic E-state index is 12.3. The Hall–Kier alpha value is -3.12. The molecule has 2 aromatic carbocycles. The molecule has 2 N–H and O–H groups in total. The molecule has 4 rings (SSSR count). The van der Waals surface area contributed by atoms with Gasteiger partial charge in [0.25, 0.3) is 0 Å². The molecule has 1 amide bonds.